The van der Waals surface area contributed by atoms with E-state index in [2.05, 4.69) is 20.2 Å². The molecule has 8 heteroatoms. The zero-order chi connectivity index (χ0) is 16.9. The van der Waals surface area contributed by atoms with Crippen molar-refractivity contribution >= 4 is 23.2 Å². The summed E-state index contributed by atoms with van der Waals surface area (Å²) >= 11 is 5.83. The highest BCUT2D eigenvalue weighted by atomic mass is 35.5. The molecule has 0 bridgehead atoms. The maximum Gasteiger partial charge on any atom is 0.288 e. The lowest BCUT2D eigenvalue weighted by molar-refractivity contribution is -0.384. The van der Waals surface area contributed by atoms with E-state index in [0.29, 0.717) is 12.6 Å². The van der Waals surface area contributed by atoms with E-state index >= 15 is 0 Å². The summed E-state index contributed by atoms with van der Waals surface area (Å²) in [5.41, 5.74) is 0.812. The average molecular weight is 348 g/mol. The Morgan fingerprint density at radius 3 is 2.67 bits per heavy atom. The number of hydrogen-bond donors (Lipinski definition) is 1. The van der Waals surface area contributed by atoms with E-state index in [1.54, 1.807) is 18.5 Å². The lowest BCUT2D eigenvalue weighted by atomic mass is 10.0. The SMILES string of the molecule is O=[N+]([O-])c1cc(CNC2CCN(c3ncccn3)CC2)ccc1Cl. The van der Waals surface area contributed by atoms with E-state index in [-0.39, 0.29) is 10.7 Å². The van der Waals surface area contributed by atoms with Crippen molar-refractivity contribution in [2.75, 3.05) is 18.0 Å². The van der Waals surface area contributed by atoms with E-state index in [9.17, 15) is 10.1 Å². The molecule has 1 aliphatic rings. The Balaban J connectivity index is 1.52. The molecule has 1 aromatic heterocycles. The van der Waals surface area contributed by atoms with Gasteiger partial charge in [0.15, 0.2) is 0 Å². The third-order valence-electron chi connectivity index (χ3n) is 4.13. The van der Waals surface area contributed by atoms with Crippen LogP contribution < -0.4 is 10.2 Å². The molecule has 1 aromatic carbocycles. The van der Waals surface area contributed by atoms with Gasteiger partial charge in [0, 0.05) is 44.1 Å². The molecule has 1 saturated heterocycles. The molecule has 7 nitrogen and oxygen atoms in total. The maximum atomic E-state index is 10.9. The van der Waals surface area contributed by atoms with Crippen LogP contribution in [0.25, 0.3) is 0 Å². The number of nitrogens with zero attached hydrogens (tertiary/aromatic N) is 4. The van der Waals surface area contributed by atoms with Crippen LogP contribution in [0.5, 0.6) is 0 Å². The fourth-order valence-electron chi connectivity index (χ4n) is 2.81. The smallest absolute Gasteiger partial charge is 0.288 e. The van der Waals surface area contributed by atoms with E-state index in [1.165, 1.54) is 6.07 Å². The number of aromatic nitrogens is 2. The topological polar surface area (TPSA) is 84.2 Å². The monoisotopic (exact) mass is 347 g/mol. The van der Waals surface area contributed by atoms with Crippen molar-refractivity contribution in [3.05, 3.63) is 57.4 Å². The van der Waals surface area contributed by atoms with Crippen LogP contribution in [-0.2, 0) is 6.54 Å². The number of halogens is 1. The number of nitro benzene ring substituents is 1. The molecule has 0 aliphatic carbocycles. The number of piperidine rings is 1. The molecule has 0 atom stereocenters. The number of nitro groups is 1. The number of benzene rings is 1. The second-order valence-corrected chi connectivity index (χ2v) is 6.14. The fraction of sp³-hybridized carbons (Fsp3) is 0.375. The summed E-state index contributed by atoms with van der Waals surface area (Å²) in [7, 11) is 0. The summed E-state index contributed by atoms with van der Waals surface area (Å²) in [6.45, 7) is 2.37. The Labute approximate surface area is 144 Å². The summed E-state index contributed by atoms with van der Waals surface area (Å²) < 4.78 is 0. The van der Waals surface area contributed by atoms with Crippen molar-refractivity contribution in [3.8, 4) is 0 Å². The first-order valence-electron chi connectivity index (χ1n) is 7.81. The van der Waals surface area contributed by atoms with Crippen molar-refractivity contribution in [1.82, 2.24) is 15.3 Å². The Bertz CT molecular complexity index is 705. The molecule has 24 heavy (non-hydrogen) atoms. The molecule has 1 N–H and O–H groups in total. The van der Waals surface area contributed by atoms with E-state index in [1.807, 2.05) is 12.1 Å². The predicted octanol–water partition coefficient (Wildman–Crippen LogP) is 2.80. The molecule has 0 unspecified atom stereocenters. The van der Waals surface area contributed by atoms with E-state index in [4.69, 9.17) is 11.6 Å². The van der Waals surface area contributed by atoms with Crippen molar-refractivity contribution in [1.29, 1.82) is 0 Å². The van der Waals surface area contributed by atoms with E-state index in [0.717, 1.165) is 37.4 Å². The first kappa shape index (κ1) is 16.6. The van der Waals surface area contributed by atoms with Crippen LogP contribution >= 0.6 is 11.6 Å². The summed E-state index contributed by atoms with van der Waals surface area (Å²) in [5.74, 6) is 0.768. The minimum atomic E-state index is -0.454. The van der Waals surface area contributed by atoms with Gasteiger partial charge in [-0.2, -0.15) is 0 Å². The summed E-state index contributed by atoms with van der Waals surface area (Å²) in [6.07, 6.45) is 5.46. The Morgan fingerprint density at radius 1 is 1.29 bits per heavy atom. The molecule has 2 heterocycles. The molecule has 2 aromatic rings. The van der Waals surface area contributed by atoms with Crippen molar-refractivity contribution in [2.45, 2.75) is 25.4 Å². The average Bonchev–Trinajstić information content (AvgIpc) is 2.62. The van der Waals surface area contributed by atoms with Crippen LogP contribution in [0.3, 0.4) is 0 Å². The van der Waals surface area contributed by atoms with Gasteiger partial charge in [-0.05, 0) is 30.5 Å². The summed E-state index contributed by atoms with van der Waals surface area (Å²) in [6, 6.07) is 7.10. The lowest BCUT2D eigenvalue weighted by Gasteiger charge is -2.32. The first-order chi connectivity index (χ1) is 11.6. The van der Waals surface area contributed by atoms with Crippen LogP contribution in [0.15, 0.2) is 36.7 Å². The molecule has 0 spiro atoms. The highest BCUT2D eigenvalue weighted by molar-refractivity contribution is 6.32. The van der Waals surface area contributed by atoms with Crippen molar-refractivity contribution in [3.63, 3.8) is 0 Å². The third-order valence-corrected chi connectivity index (χ3v) is 4.45. The fourth-order valence-corrected chi connectivity index (χ4v) is 2.99. The zero-order valence-electron chi connectivity index (χ0n) is 13.1. The molecule has 0 saturated carbocycles. The van der Waals surface area contributed by atoms with Gasteiger partial charge >= 0.3 is 0 Å². The highest BCUT2D eigenvalue weighted by Gasteiger charge is 2.20. The predicted molar refractivity (Wildman–Crippen MR) is 92.2 cm³/mol. The number of hydrogen-bond acceptors (Lipinski definition) is 6. The second-order valence-electron chi connectivity index (χ2n) is 5.73. The van der Waals surface area contributed by atoms with Crippen LogP contribution in [0.2, 0.25) is 5.02 Å². The van der Waals surface area contributed by atoms with Gasteiger partial charge in [0.25, 0.3) is 5.69 Å². The van der Waals surface area contributed by atoms with Crippen LogP contribution in [0.4, 0.5) is 11.6 Å². The van der Waals surface area contributed by atoms with Gasteiger partial charge in [0.1, 0.15) is 5.02 Å². The lowest BCUT2D eigenvalue weighted by Crippen LogP contribution is -2.42. The molecule has 1 aliphatic heterocycles. The molecule has 0 amide bonds. The normalized spacial score (nSPS) is 15.5. The minimum Gasteiger partial charge on any atom is -0.341 e. The highest BCUT2D eigenvalue weighted by Crippen LogP contribution is 2.25. The summed E-state index contributed by atoms with van der Waals surface area (Å²) in [5, 5.41) is 14.6. The van der Waals surface area contributed by atoms with Gasteiger partial charge in [-0.25, -0.2) is 9.97 Å². The Kier molecular flexibility index (Phi) is 5.22. The molecular weight excluding hydrogens is 330 g/mol. The largest absolute Gasteiger partial charge is 0.341 e. The maximum absolute atomic E-state index is 10.9. The van der Waals surface area contributed by atoms with Gasteiger partial charge < -0.3 is 10.2 Å². The van der Waals surface area contributed by atoms with Crippen LogP contribution in [0, 0.1) is 10.1 Å². The van der Waals surface area contributed by atoms with Crippen LogP contribution in [0.1, 0.15) is 18.4 Å². The first-order valence-corrected chi connectivity index (χ1v) is 8.19. The molecular formula is C16H18ClN5O2. The third kappa shape index (κ3) is 3.98. The standard InChI is InChI=1S/C16H18ClN5O2/c17-14-3-2-12(10-15(14)22(23)24)11-20-13-4-8-21(9-5-13)16-18-6-1-7-19-16/h1-3,6-7,10,13,20H,4-5,8-9,11H2. The molecule has 126 valence electrons. The Hall–Kier alpha value is -2.25. The van der Waals surface area contributed by atoms with E-state index < -0.39 is 4.92 Å². The molecule has 0 radical (unpaired) electrons. The minimum absolute atomic E-state index is 0.0491. The number of anilines is 1. The van der Waals surface area contributed by atoms with Gasteiger partial charge in [-0.1, -0.05) is 17.7 Å². The second kappa shape index (κ2) is 7.55. The molecule has 3 rings (SSSR count). The number of rotatable bonds is 5. The van der Waals surface area contributed by atoms with Crippen molar-refractivity contribution in [2.24, 2.45) is 0 Å². The van der Waals surface area contributed by atoms with Gasteiger partial charge in [0.2, 0.25) is 5.95 Å². The quantitative estimate of drug-likeness (QED) is 0.661. The van der Waals surface area contributed by atoms with Crippen LogP contribution in [-0.4, -0.2) is 34.0 Å². The Morgan fingerprint density at radius 2 is 2.00 bits per heavy atom. The van der Waals surface area contributed by atoms with Gasteiger partial charge in [-0.15, -0.1) is 0 Å². The van der Waals surface area contributed by atoms with Gasteiger partial charge in [0.05, 0.1) is 4.92 Å². The molecule has 1 fully saturated rings. The summed E-state index contributed by atoms with van der Waals surface area (Å²) in [4.78, 5) is 21.2. The van der Waals surface area contributed by atoms with Gasteiger partial charge in [-0.3, -0.25) is 10.1 Å². The van der Waals surface area contributed by atoms with Crippen molar-refractivity contribution < 1.29 is 4.92 Å². The zero-order valence-corrected chi connectivity index (χ0v) is 13.8. The number of nitrogens with one attached hydrogen (secondary N) is 1.